The molecule has 0 saturated heterocycles. The number of hydrogen-bond acceptors (Lipinski definition) is 2. The summed E-state index contributed by atoms with van der Waals surface area (Å²) in [6.45, 7) is 0. The fourth-order valence-corrected chi connectivity index (χ4v) is 9.56. The van der Waals surface area contributed by atoms with E-state index >= 15 is 0 Å². The molecule has 0 radical (unpaired) electrons. The molecule has 0 saturated carbocycles. The van der Waals surface area contributed by atoms with E-state index in [0.29, 0.717) is 0 Å². The number of anilines is 6. The standard InChI is InChI=1S/C60H41N3/c1-4-14-42(15-5-1)43-28-32-51(33-29-43)62(54-38-36-53(37-39-54)61(49-19-6-2-7-20-49)50-21-8-3-9-22-50)52-34-30-44(31-35-52)48-40-47-27-26-46-18-13-25-57-59(46)60(47)58(41-48)63(57)56-24-12-17-45-16-10-11-23-55(45)56/h1-41H. The Morgan fingerprint density at radius 1 is 0.254 bits per heavy atom. The van der Waals surface area contributed by atoms with E-state index in [-0.39, 0.29) is 0 Å². The maximum absolute atomic E-state index is 2.48. The van der Waals surface area contributed by atoms with Crippen LogP contribution in [0.15, 0.2) is 249 Å². The average Bonchev–Trinajstić information content (AvgIpc) is 3.70. The van der Waals surface area contributed by atoms with Crippen LogP contribution in [-0.4, -0.2) is 4.57 Å². The van der Waals surface area contributed by atoms with E-state index in [2.05, 4.69) is 263 Å². The zero-order chi connectivity index (χ0) is 41.7. The van der Waals surface area contributed by atoms with Gasteiger partial charge in [0, 0.05) is 50.3 Å². The molecule has 0 spiro atoms. The first-order valence-electron chi connectivity index (χ1n) is 21.6. The van der Waals surface area contributed by atoms with Gasteiger partial charge in [-0.15, -0.1) is 0 Å². The molecule has 0 fully saturated rings. The topological polar surface area (TPSA) is 11.4 Å². The van der Waals surface area contributed by atoms with E-state index in [4.69, 9.17) is 0 Å². The first-order chi connectivity index (χ1) is 31.2. The van der Waals surface area contributed by atoms with Crippen molar-refractivity contribution < 1.29 is 0 Å². The molecule has 0 unspecified atom stereocenters. The van der Waals surface area contributed by atoms with Crippen molar-refractivity contribution in [2.75, 3.05) is 9.80 Å². The van der Waals surface area contributed by atoms with Crippen LogP contribution in [0, 0.1) is 0 Å². The molecule has 3 heteroatoms. The van der Waals surface area contributed by atoms with Gasteiger partial charge in [-0.25, -0.2) is 0 Å². The van der Waals surface area contributed by atoms with Gasteiger partial charge in [0.2, 0.25) is 0 Å². The van der Waals surface area contributed by atoms with E-state index < -0.39 is 0 Å². The van der Waals surface area contributed by atoms with Crippen LogP contribution in [0.1, 0.15) is 0 Å². The molecular weight excluding hydrogens is 763 g/mol. The Morgan fingerprint density at radius 2 is 0.683 bits per heavy atom. The van der Waals surface area contributed by atoms with Crippen molar-refractivity contribution in [2.45, 2.75) is 0 Å². The fourth-order valence-electron chi connectivity index (χ4n) is 9.56. The summed E-state index contributed by atoms with van der Waals surface area (Å²) in [4.78, 5) is 4.66. The predicted octanol–water partition coefficient (Wildman–Crippen LogP) is 16.8. The second-order valence-electron chi connectivity index (χ2n) is 16.2. The highest BCUT2D eigenvalue weighted by atomic mass is 15.2. The third-order valence-corrected chi connectivity index (χ3v) is 12.5. The van der Waals surface area contributed by atoms with Crippen molar-refractivity contribution in [3.05, 3.63) is 249 Å². The minimum absolute atomic E-state index is 1.08. The van der Waals surface area contributed by atoms with Crippen LogP contribution in [0.4, 0.5) is 34.1 Å². The monoisotopic (exact) mass is 803 g/mol. The van der Waals surface area contributed by atoms with Crippen molar-refractivity contribution in [1.29, 1.82) is 0 Å². The molecule has 3 nitrogen and oxygen atoms in total. The van der Waals surface area contributed by atoms with E-state index in [0.717, 1.165) is 34.1 Å². The predicted molar refractivity (Wildman–Crippen MR) is 267 cm³/mol. The maximum atomic E-state index is 2.48. The van der Waals surface area contributed by atoms with Crippen LogP contribution in [0.3, 0.4) is 0 Å². The number of aromatic nitrogens is 1. The van der Waals surface area contributed by atoms with Crippen LogP contribution in [-0.2, 0) is 0 Å². The van der Waals surface area contributed by atoms with Crippen LogP contribution in [0.5, 0.6) is 0 Å². The van der Waals surface area contributed by atoms with E-state index in [9.17, 15) is 0 Å². The Hall–Kier alpha value is -8.40. The third kappa shape index (κ3) is 6.38. The van der Waals surface area contributed by atoms with Gasteiger partial charge < -0.3 is 14.4 Å². The largest absolute Gasteiger partial charge is 0.311 e. The minimum Gasteiger partial charge on any atom is -0.311 e. The average molecular weight is 804 g/mol. The Kier molecular flexibility index (Phi) is 8.83. The molecule has 0 atom stereocenters. The molecule has 11 aromatic carbocycles. The molecular formula is C60H41N3. The van der Waals surface area contributed by atoms with E-state index in [1.165, 1.54) is 71.3 Å². The number of nitrogens with zero attached hydrogens (tertiary/aromatic N) is 3. The lowest BCUT2D eigenvalue weighted by molar-refractivity contribution is 1.20. The normalized spacial score (nSPS) is 11.5. The SMILES string of the molecule is c1ccc(-c2ccc(N(c3ccc(-c4cc5ccc6cccc7c6c5c(c4)n7-c4cccc5ccccc45)cc3)c3ccc(N(c4ccccc4)c4ccccc4)cc3)cc2)cc1. The van der Waals surface area contributed by atoms with Gasteiger partial charge in [-0.1, -0.05) is 152 Å². The minimum atomic E-state index is 1.08. The second kappa shape index (κ2) is 15.3. The molecule has 0 amide bonds. The van der Waals surface area contributed by atoms with Crippen LogP contribution >= 0.6 is 0 Å². The van der Waals surface area contributed by atoms with Gasteiger partial charge in [-0.05, 0) is 135 Å². The van der Waals surface area contributed by atoms with Gasteiger partial charge in [-0.2, -0.15) is 0 Å². The molecule has 1 heterocycles. The summed E-state index contributed by atoms with van der Waals surface area (Å²) >= 11 is 0. The smallest absolute Gasteiger partial charge is 0.0553 e. The summed E-state index contributed by atoms with van der Waals surface area (Å²) in [6, 6.07) is 90.0. The molecule has 0 aliphatic heterocycles. The quantitative estimate of drug-likeness (QED) is 0.135. The number of fused-ring (bicyclic) bond motifs is 1. The summed E-state index contributed by atoms with van der Waals surface area (Å²) in [5, 5.41) is 7.61. The fraction of sp³-hybridized carbons (Fsp3) is 0. The molecule has 0 aliphatic rings. The molecule has 0 aliphatic carbocycles. The Morgan fingerprint density at radius 3 is 1.30 bits per heavy atom. The third-order valence-electron chi connectivity index (χ3n) is 12.5. The van der Waals surface area contributed by atoms with Crippen molar-refractivity contribution in [2.24, 2.45) is 0 Å². The molecule has 12 rings (SSSR count). The lowest BCUT2D eigenvalue weighted by Gasteiger charge is -2.28. The summed E-state index contributed by atoms with van der Waals surface area (Å²) in [7, 11) is 0. The highest BCUT2D eigenvalue weighted by molar-refractivity contribution is 6.25. The number of hydrogen-bond donors (Lipinski definition) is 0. The molecule has 12 aromatic rings. The molecule has 0 bridgehead atoms. The number of benzene rings is 11. The van der Waals surface area contributed by atoms with Gasteiger partial charge in [0.1, 0.15) is 0 Å². The van der Waals surface area contributed by atoms with Crippen molar-refractivity contribution >= 4 is 77.5 Å². The van der Waals surface area contributed by atoms with Crippen LogP contribution < -0.4 is 9.80 Å². The Balaban J connectivity index is 0.970. The highest BCUT2D eigenvalue weighted by Crippen LogP contribution is 2.44. The molecule has 0 N–H and O–H groups in total. The first kappa shape index (κ1) is 36.5. The van der Waals surface area contributed by atoms with Crippen molar-refractivity contribution in [3.8, 4) is 27.9 Å². The summed E-state index contributed by atoms with van der Waals surface area (Å²) in [6.07, 6.45) is 0. The number of para-hydroxylation sites is 2. The Labute approximate surface area is 366 Å². The number of rotatable bonds is 9. The second-order valence-corrected chi connectivity index (χ2v) is 16.2. The zero-order valence-corrected chi connectivity index (χ0v) is 34.5. The highest BCUT2D eigenvalue weighted by Gasteiger charge is 2.20. The van der Waals surface area contributed by atoms with E-state index in [1.54, 1.807) is 0 Å². The summed E-state index contributed by atoms with van der Waals surface area (Å²) < 4.78 is 2.48. The van der Waals surface area contributed by atoms with Crippen molar-refractivity contribution in [1.82, 2.24) is 4.57 Å². The van der Waals surface area contributed by atoms with Gasteiger partial charge in [0.15, 0.2) is 0 Å². The summed E-state index contributed by atoms with van der Waals surface area (Å²) in [5.41, 5.74) is 14.9. The van der Waals surface area contributed by atoms with Gasteiger partial charge in [-0.3, -0.25) is 0 Å². The van der Waals surface area contributed by atoms with Crippen molar-refractivity contribution in [3.63, 3.8) is 0 Å². The van der Waals surface area contributed by atoms with Crippen LogP contribution in [0.25, 0.3) is 71.3 Å². The molecule has 1 aromatic heterocycles. The van der Waals surface area contributed by atoms with Gasteiger partial charge in [0.05, 0.1) is 16.7 Å². The lowest BCUT2D eigenvalue weighted by atomic mass is 9.97. The maximum Gasteiger partial charge on any atom is 0.0553 e. The first-order valence-corrected chi connectivity index (χ1v) is 21.6. The van der Waals surface area contributed by atoms with E-state index in [1.807, 2.05) is 0 Å². The summed E-state index contributed by atoms with van der Waals surface area (Å²) in [5.74, 6) is 0. The lowest BCUT2D eigenvalue weighted by Crippen LogP contribution is -2.12. The zero-order valence-electron chi connectivity index (χ0n) is 34.5. The molecule has 63 heavy (non-hydrogen) atoms. The Bertz CT molecular complexity index is 3480. The van der Waals surface area contributed by atoms with Gasteiger partial charge >= 0.3 is 0 Å². The van der Waals surface area contributed by atoms with Gasteiger partial charge in [0.25, 0.3) is 0 Å². The van der Waals surface area contributed by atoms with Crippen LogP contribution in [0.2, 0.25) is 0 Å². The molecule has 296 valence electrons.